The van der Waals surface area contributed by atoms with Gasteiger partial charge >= 0.3 is 0 Å². The van der Waals surface area contributed by atoms with Crippen LogP contribution in [0.3, 0.4) is 0 Å². The second-order valence-electron chi connectivity index (χ2n) is 8.09. The van der Waals surface area contributed by atoms with E-state index in [0.717, 1.165) is 27.5 Å². The Bertz CT molecular complexity index is 1440. The monoisotopic (exact) mass is 402 g/mol. The summed E-state index contributed by atoms with van der Waals surface area (Å²) in [7, 11) is 0. The maximum absolute atomic E-state index is 13.7. The van der Waals surface area contributed by atoms with Crippen LogP contribution in [-0.2, 0) is 0 Å². The summed E-state index contributed by atoms with van der Waals surface area (Å²) in [5.41, 5.74) is 4.31. The van der Waals surface area contributed by atoms with Crippen molar-refractivity contribution < 1.29 is 14.3 Å². The smallest absolute Gasteiger partial charge is 0.229 e. The van der Waals surface area contributed by atoms with E-state index < -0.39 is 0 Å². The van der Waals surface area contributed by atoms with Gasteiger partial charge in [-0.2, -0.15) is 0 Å². The van der Waals surface area contributed by atoms with E-state index in [1.165, 1.54) is 0 Å². The average molecular weight is 402 g/mol. The molecule has 148 valence electrons. The lowest BCUT2D eigenvalue weighted by molar-refractivity contribution is 0.0927. The van der Waals surface area contributed by atoms with E-state index in [0.29, 0.717) is 22.4 Å². The first kappa shape index (κ1) is 17.8. The van der Waals surface area contributed by atoms with Gasteiger partial charge in [0.05, 0.1) is 5.57 Å². The minimum Gasteiger partial charge on any atom is -0.452 e. The van der Waals surface area contributed by atoms with Crippen molar-refractivity contribution in [2.75, 3.05) is 0 Å². The average Bonchev–Trinajstić information content (AvgIpc) is 2.81. The molecule has 0 bridgehead atoms. The van der Waals surface area contributed by atoms with Crippen LogP contribution in [0.4, 0.5) is 0 Å². The van der Waals surface area contributed by atoms with Crippen molar-refractivity contribution in [2.45, 2.75) is 12.8 Å². The second-order valence-corrected chi connectivity index (χ2v) is 8.09. The number of hydrogen-bond donors (Lipinski definition) is 0. The normalized spacial score (nSPS) is 17.1. The molecule has 3 heteroatoms. The van der Waals surface area contributed by atoms with E-state index >= 15 is 0 Å². The Kier molecular flexibility index (Phi) is 3.75. The molecule has 0 N–H and O–H groups in total. The summed E-state index contributed by atoms with van der Waals surface area (Å²) in [5, 5.41) is 2.09. The SMILES string of the molecule is Cc1ccc(C2C3=C(Oc4ccc5ccccc5c42)C(=O)c2ccccc2C3=O)cc1. The Balaban J connectivity index is 1.69. The molecule has 1 unspecified atom stereocenters. The Labute approximate surface area is 179 Å². The van der Waals surface area contributed by atoms with Gasteiger partial charge in [-0.15, -0.1) is 0 Å². The molecule has 0 spiro atoms. The third-order valence-corrected chi connectivity index (χ3v) is 6.24. The number of ketones is 2. The fourth-order valence-electron chi connectivity index (χ4n) is 4.74. The maximum Gasteiger partial charge on any atom is 0.229 e. The van der Waals surface area contributed by atoms with E-state index in [-0.39, 0.29) is 23.2 Å². The number of carbonyl (C=O) groups excluding carboxylic acids is 2. The van der Waals surface area contributed by atoms with Crippen LogP contribution < -0.4 is 4.74 Å². The zero-order valence-electron chi connectivity index (χ0n) is 16.9. The molecule has 6 rings (SSSR count). The van der Waals surface area contributed by atoms with Crippen molar-refractivity contribution in [2.24, 2.45) is 0 Å². The Morgan fingerprint density at radius 2 is 1.39 bits per heavy atom. The van der Waals surface area contributed by atoms with Crippen LogP contribution in [0, 0.1) is 6.92 Å². The molecule has 1 atom stereocenters. The quantitative estimate of drug-likeness (QED) is 0.392. The summed E-state index contributed by atoms with van der Waals surface area (Å²) in [6.07, 6.45) is 0. The number of carbonyl (C=O) groups is 2. The number of benzene rings is 4. The summed E-state index contributed by atoms with van der Waals surface area (Å²) >= 11 is 0. The molecule has 0 fully saturated rings. The van der Waals surface area contributed by atoms with E-state index in [2.05, 4.69) is 6.07 Å². The van der Waals surface area contributed by atoms with Crippen molar-refractivity contribution in [3.05, 3.63) is 124 Å². The molecular formula is C28H18O3. The van der Waals surface area contributed by atoms with E-state index in [9.17, 15) is 9.59 Å². The Morgan fingerprint density at radius 1 is 0.710 bits per heavy atom. The predicted octanol–water partition coefficient (Wildman–Crippen LogP) is 6.01. The van der Waals surface area contributed by atoms with Crippen molar-refractivity contribution >= 4 is 22.3 Å². The summed E-state index contributed by atoms with van der Waals surface area (Å²) in [4.78, 5) is 27.1. The molecule has 0 saturated carbocycles. The number of allylic oxidation sites excluding steroid dienone is 2. The molecule has 0 radical (unpaired) electrons. The summed E-state index contributed by atoms with van der Waals surface area (Å²) in [6.45, 7) is 2.04. The van der Waals surface area contributed by atoms with Gasteiger partial charge in [-0.05, 0) is 29.3 Å². The molecule has 4 aromatic rings. The zero-order chi connectivity index (χ0) is 21.1. The van der Waals surface area contributed by atoms with Crippen LogP contribution in [0.2, 0.25) is 0 Å². The Morgan fingerprint density at radius 3 is 2.16 bits per heavy atom. The van der Waals surface area contributed by atoms with Crippen LogP contribution in [0.25, 0.3) is 10.8 Å². The fourth-order valence-corrected chi connectivity index (χ4v) is 4.74. The Hall–Kier alpha value is -3.98. The van der Waals surface area contributed by atoms with Crippen molar-refractivity contribution in [3.63, 3.8) is 0 Å². The molecule has 0 amide bonds. The van der Waals surface area contributed by atoms with Crippen molar-refractivity contribution in [1.29, 1.82) is 0 Å². The molecule has 1 aliphatic heterocycles. The predicted molar refractivity (Wildman–Crippen MR) is 120 cm³/mol. The van der Waals surface area contributed by atoms with Crippen LogP contribution in [0.5, 0.6) is 5.75 Å². The first-order valence-electron chi connectivity index (χ1n) is 10.3. The zero-order valence-corrected chi connectivity index (χ0v) is 16.9. The second kappa shape index (κ2) is 6.51. The molecule has 3 nitrogen and oxygen atoms in total. The van der Waals surface area contributed by atoms with Crippen LogP contribution in [0.1, 0.15) is 43.3 Å². The molecule has 2 aliphatic rings. The molecule has 1 heterocycles. The lowest BCUT2D eigenvalue weighted by Crippen LogP contribution is -2.31. The van der Waals surface area contributed by atoms with Gasteiger partial charge in [0.2, 0.25) is 5.78 Å². The highest BCUT2D eigenvalue weighted by molar-refractivity contribution is 6.27. The molecule has 4 aromatic carbocycles. The van der Waals surface area contributed by atoms with E-state index in [1.54, 1.807) is 24.3 Å². The van der Waals surface area contributed by atoms with Gasteiger partial charge in [-0.25, -0.2) is 0 Å². The highest BCUT2D eigenvalue weighted by Crippen LogP contribution is 2.49. The van der Waals surface area contributed by atoms with Gasteiger partial charge in [0.25, 0.3) is 0 Å². The molecule has 31 heavy (non-hydrogen) atoms. The summed E-state index contributed by atoms with van der Waals surface area (Å²) < 4.78 is 6.17. The summed E-state index contributed by atoms with van der Waals surface area (Å²) in [6, 6.07) is 27.1. The minimum absolute atomic E-state index is 0.144. The number of Topliss-reactive ketones (excluding diaryl/α,β-unsaturated/α-hetero) is 2. The van der Waals surface area contributed by atoms with E-state index in [1.807, 2.05) is 61.5 Å². The van der Waals surface area contributed by atoms with Gasteiger partial charge in [0, 0.05) is 22.6 Å². The largest absolute Gasteiger partial charge is 0.452 e. The first-order chi connectivity index (χ1) is 15.1. The molecular weight excluding hydrogens is 384 g/mol. The number of hydrogen-bond acceptors (Lipinski definition) is 3. The third-order valence-electron chi connectivity index (χ3n) is 6.24. The summed E-state index contributed by atoms with van der Waals surface area (Å²) in [5.74, 6) is 0.0198. The van der Waals surface area contributed by atoms with Gasteiger partial charge in [0.15, 0.2) is 11.5 Å². The number of ether oxygens (including phenoxy) is 1. The third kappa shape index (κ3) is 2.53. The van der Waals surface area contributed by atoms with Gasteiger partial charge < -0.3 is 4.74 Å². The molecule has 0 aromatic heterocycles. The lowest BCUT2D eigenvalue weighted by atomic mass is 9.74. The van der Waals surface area contributed by atoms with Crippen molar-refractivity contribution in [1.82, 2.24) is 0 Å². The van der Waals surface area contributed by atoms with Gasteiger partial charge in [-0.3, -0.25) is 9.59 Å². The van der Waals surface area contributed by atoms with Gasteiger partial charge in [0.1, 0.15) is 5.75 Å². The lowest BCUT2D eigenvalue weighted by Gasteiger charge is -2.33. The number of aryl methyl sites for hydroxylation is 1. The highest BCUT2D eigenvalue weighted by atomic mass is 16.5. The van der Waals surface area contributed by atoms with Crippen molar-refractivity contribution in [3.8, 4) is 5.75 Å². The molecule has 0 saturated heterocycles. The molecule has 1 aliphatic carbocycles. The fraction of sp³-hybridized carbons (Fsp3) is 0.0714. The topological polar surface area (TPSA) is 43.4 Å². The minimum atomic E-state index is -0.379. The van der Waals surface area contributed by atoms with Crippen LogP contribution in [0.15, 0.2) is 96.3 Å². The number of rotatable bonds is 1. The maximum atomic E-state index is 13.7. The first-order valence-corrected chi connectivity index (χ1v) is 10.3. The number of fused-ring (bicyclic) bond motifs is 4. The standard InChI is InChI=1S/C28H18O3/c1-16-10-12-18(13-11-16)23-24-19-7-3-2-6-17(19)14-15-22(24)31-28-25(23)26(29)20-8-4-5-9-21(20)27(28)30/h2-15,23H,1H3. The van der Waals surface area contributed by atoms with Crippen LogP contribution >= 0.6 is 0 Å². The highest BCUT2D eigenvalue weighted by Gasteiger charge is 2.43. The van der Waals surface area contributed by atoms with Gasteiger partial charge in [-0.1, -0.05) is 84.4 Å². The van der Waals surface area contributed by atoms with E-state index in [4.69, 9.17) is 4.74 Å². The van der Waals surface area contributed by atoms with Crippen LogP contribution in [-0.4, -0.2) is 11.6 Å².